The van der Waals surface area contributed by atoms with Crippen molar-refractivity contribution in [3.05, 3.63) is 156 Å². The maximum absolute atomic E-state index is 15.7. The highest BCUT2D eigenvalue weighted by Gasteiger charge is 2.58. The number of rotatable bonds is 42. The highest BCUT2D eigenvalue weighted by atomic mass is 32.2. The second-order valence-corrected chi connectivity index (χ2v) is 56.2. The summed E-state index contributed by atoms with van der Waals surface area (Å²) in [6, 6.07) is 27.8. The molecule has 0 saturated carbocycles. The second-order valence-electron chi connectivity index (χ2n) is 35.1. The number of carbonyl (C=O) groups excluding carboxylic acids is 2. The third-order valence-corrected chi connectivity index (χ3v) is 44.7. The molecule has 3 N–H and O–H groups in total. The van der Waals surface area contributed by atoms with Crippen molar-refractivity contribution >= 4 is 55.0 Å². The third-order valence-electron chi connectivity index (χ3n) is 24.3. The fourth-order valence-electron chi connectivity index (χ4n) is 14.2. The van der Waals surface area contributed by atoms with Crippen LogP contribution in [0.25, 0.3) is 0 Å². The van der Waals surface area contributed by atoms with Crippen LogP contribution in [0.2, 0.25) is 72.5 Å². The molecule has 618 valence electrons. The van der Waals surface area contributed by atoms with E-state index in [9.17, 15) is 24.9 Å². The minimum Gasteiger partial charge on any atom is -0.458 e. The molecule has 3 heterocycles. The van der Waals surface area contributed by atoms with Crippen LogP contribution < -0.4 is 0 Å². The molecular weight excluding hydrogens is 1480 g/mol. The Morgan fingerprint density at radius 1 is 0.645 bits per heavy atom. The Kier molecular flexibility index (Phi) is 35.6. The van der Waals surface area contributed by atoms with E-state index in [4.69, 9.17) is 55.6 Å². The van der Waals surface area contributed by atoms with Gasteiger partial charge in [-0.3, -0.25) is 0 Å². The zero-order valence-electron chi connectivity index (χ0n) is 70.5. The molecule has 3 aromatic rings. The summed E-state index contributed by atoms with van der Waals surface area (Å²) in [6.45, 7) is 49.2. The van der Waals surface area contributed by atoms with Gasteiger partial charge in [-0.1, -0.05) is 175 Å². The van der Waals surface area contributed by atoms with E-state index in [1.54, 1.807) is 91.0 Å². The van der Waals surface area contributed by atoms with Gasteiger partial charge >= 0.3 is 11.9 Å². The Labute approximate surface area is 665 Å². The van der Waals surface area contributed by atoms with Gasteiger partial charge in [0.15, 0.2) is 49.4 Å². The van der Waals surface area contributed by atoms with Crippen LogP contribution >= 0.6 is 0 Å². The summed E-state index contributed by atoms with van der Waals surface area (Å²) in [7, 11) is -10.3. The molecule has 110 heavy (non-hydrogen) atoms. The number of aliphatic hydroxyl groups is 3. The standard InChI is InChI=1S/C86H138O19SSi4/c1-25-59(5)54-65(102-110(26-2,27-3)28-4)51-53-69-60(6)55-64(98-69)50-48-63(87)49-52-71(103-107(19,20)84(7,8)9)79-80(105-109(23,24)86(13,14)15)76(89)78(104-108(21,22)85(10,11)12)70(101-79)47-39-38-46-68(88)81(106(92,93)67-44-36-31-37-45-67)75-72(57-74(94-16)95-17)100-73(77(75)96-18)56-66(99-83(91)62-42-34-30-35-43-62)58-97-82(90)61-40-32-29-33-41-61/h29-38,40-46,49,52,63-66,68-81,87-89H,1,6,26-28,39,47-48,50-51,53-58H2,2-5,7-24H3/b46-38-,52-49+/t63?,64?,65-,66+,68?,69-,70-,71-,72-,73+,75-,76-,77-,78-,79-,80?,81?/m0/s1. The average molecular weight is 1620 g/mol. The van der Waals surface area contributed by atoms with Crippen molar-refractivity contribution < 1.29 is 88.9 Å². The highest BCUT2D eigenvalue weighted by Crippen LogP contribution is 2.47. The van der Waals surface area contributed by atoms with E-state index in [0.717, 1.165) is 48.5 Å². The molecule has 0 aromatic heterocycles. The average Bonchev–Trinajstić information content (AvgIpc) is 1.59. The number of methoxy groups -OCH3 is 3. The van der Waals surface area contributed by atoms with Gasteiger partial charge in [-0.2, -0.15) is 0 Å². The van der Waals surface area contributed by atoms with Gasteiger partial charge in [-0.15, -0.1) is 5.73 Å². The van der Waals surface area contributed by atoms with E-state index in [0.29, 0.717) is 19.3 Å². The summed E-state index contributed by atoms with van der Waals surface area (Å²) in [5.41, 5.74) is 5.76. The molecule has 3 aromatic carbocycles. The van der Waals surface area contributed by atoms with Crippen molar-refractivity contribution in [2.24, 2.45) is 5.92 Å². The predicted octanol–water partition coefficient (Wildman–Crippen LogP) is 17.4. The molecule has 5 unspecified atom stereocenters. The topological polar surface area (TPSA) is 240 Å². The van der Waals surface area contributed by atoms with Crippen molar-refractivity contribution in [2.75, 3.05) is 27.9 Å². The number of sulfone groups is 1. The number of aliphatic hydroxyl groups excluding tert-OH is 3. The Morgan fingerprint density at radius 2 is 1.19 bits per heavy atom. The first-order valence-corrected chi connectivity index (χ1v) is 52.7. The molecule has 24 heteroatoms. The zero-order valence-corrected chi connectivity index (χ0v) is 75.3. The molecule has 0 aliphatic carbocycles. The fourth-order valence-corrected chi connectivity index (χ4v) is 23.0. The first-order chi connectivity index (χ1) is 51.5. The van der Waals surface area contributed by atoms with Gasteiger partial charge in [0.25, 0.3) is 0 Å². The molecular formula is C86H138O19SSi4. The van der Waals surface area contributed by atoms with E-state index < -0.39 is 152 Å². The SMILES string of the molecule is C=C=C(C)C[C@H](CC[C@@H]1OC(CCC(O)/C=C/[C@H](O[Si](C)(C)C(C)(C)C)[C@@H]2O[C@@H](CC/C=C\C(O)C([C@@H]3[C@@H](OC)[C@@H](C[C@H](COC(=O)c4ccccc4)OC(=O)c4ccccc4)O[C@H]3CC(OC)OC)S(=O)(=O)c3ccccc3)[C@H](O[Si](C)(C)C(C)(C)C)[C@H](O)C2O[Si](C)(C)C(C)(C)C)CC1=C)O[Si](CC)(CC)CC. The van der Waals surface area contributed by atoms with E-state index in [1.807, 2.05) is 6.08 Å². The summed E-state index contributed by atoms with van der Waals surface area (Å²) in [5, 5.41) is 36.1. The normalized spacial score (nSPS) is 24.5. The molecule has 0 spiro atoms. The molecule has 6 rings (SSSR count). The Morgan fingerprint density at radius 3 is 1.72 bits per heavy atom. The maximum Gasteiger partial charge on any atom is 0.338 e. The number of allylic oxidation sites excluding steroid dienone is 1. The van der Waals surface area contributed by atoms with Crippen molar-refractivity contribution in [1.82, 2.24) is 0 Å². The molecule has 0 bridgehead atoms. The lowest BCUT2D eigenvalue weighted by atomic mass is 9.86. The summed E-state index contributed by atoms with van der Waals surface area (Å²) >= 11 is 0. The summed E-state index contributed by atoms with van der Waals surface area (Å²) in [4.78, 5) is 27.3. The number of benzene rings is 3. The van der Waals surface area contributed by atoms with Crippen LogP contribution in [0.1, 0.15) is 175 Å². The quantitative estimate of drug-likeness (QED) is 0.0157. The summed E-state index contributed by atoms with van der Waals surface area (Å²) in [5.74, 6) is -2.49. The van der Waals surface area contributed by atoms with Gasteiger partial charge in [-0.25, -0.2) is 18.0 Å². The van der Waals surface area contributed by atoms with Crippen molar-refractivity contribution in [1.29, 1.82) is 0 Å². The van der Waals surface area contributed by atoms with Gasteiger partial charge in [-0.05, 0) is 172 Å². The minimum absolute atomic E-state index is 0.0202. The Balaban J connectivity index is 1.38. The number of esters is 2. The number of hydrogen-bond acceptors (Lipinski definition) is 19. The summed E-state index contributed by atoms with van der Waals surface area (Å²) < 4.78 is 112. The van der Waals surface area contributed by atoms with Crippen molar-refractivity contribution in [3.63, 3.8) is 0 Å². The van der Waals surface area contributed by atoms with E-state index >= 15 is 8.42 Å². The highest BCUT2D eigenvalue weighted by molar-refractivity contribution is 7.92. The number of hydrogen-bond donors (Lipinski definition) is 3. The molecule has 19 nitrogen and oxygen atoms in total. The Bertz CT molecular complexity index is 3550. The first-order valence-electron chi connectivity index (χ1n) is 39.9. The monoisotopic (exact) mass is 1620 g/mol. The minimum atomic E-state index is -4.52. The van der Waals surface area contributed by atoms with Crippen LogP contribution in [0.5, 0.6) is 0 Å². The summed E-state index contributed by atoms with van der Waals surface area (Å²) in [6.07, 6.45) is -2.51. The maximum atomic E-state index is 15.7. The largest absolute Gasteiger partial charge is 0.458 e. The van der Waals surface area contributed by atoms with Crippen LogP contribution in [-0.2, 0) is 65.4 Å². The smallest absolute Gasteiger partial charge is 0.338 e. The lowest BCUT2D eigenvalue weighted by Gasteiger charge is -2.53. The second kappa shape index (κ2) is 41.5. The van der Waals surface area contributed by atoms with Crippen LogP contribution in [0.4, 0.5) is 0 Å². The number of ether oxygens (including phenoxy) is 8. The molecule has 17 atom stereocenters. The van der Waals surface area contributed by atoms with E-state index in [-0.39, 0.29) is 75.1 Å². The zero-order chi connectivity index (χ0) is 82.0. The van der Waals surface area contributed by atoms with Gasteiger partial charge in [0.1, 0.15) is 36.3 Å². The van der Waals surface area contributed by atoms with Gasteiger partial charge in [0, 0.05) is 52.6 Å². The first kappa shape index (κ1) is 94.5. The van der Waals surface area contributed by atoms with Gasteiger partial charge < -0.3 is 70.9 Å². The third kappa shape index (κ3) is 25.6. The predicted molar refractivity (Wildman–Crippen MR) is 446 cm³/mol. The molecule has 0 radical (unpaired) electrons. The van der Waals surface area contributed by atoms with E-state index in [1.165, 1.54) is 39.5 Å². The van der Waals surface area contributed by atoms with Crippen LogP contribution in [0, 0.1) is 5.92 Å². The molecule has 3 saturated heterocycles. The van der Waals surface area contributed by atoms with Crippen LogP contribution in [0.3, 0.4) is 0 Å². The van der Waals surface area contributed by atoms with Crippen molar-refractivity contribution in [3.8, 4) is 0 Å². The van der Waals surface area contributed by atoms with E-state index in [2.05, 4.69) is 148 Å². The van der Waals surface area contributed by atoms with Gasteiger partial charge in [0.05, 0.1) is 77.1 Å². The Hall–Kier alpha value is -4.36. The van der Waals surface area contributed by atoms with Crippen molar-refractivity contribution in [2.45, 2.75) is 335 Å². The molecule has 3 aliphatic heterocycles. The molecule has 3 aliphatic rings. The molecule has 0 amide bonds. The number of carbonyl (C=O) groups is 2. The lowest BCUT2D eigenvalue weighted by molar-refractivity contribution is -0.229. The molecule has 3 fully saturated rings. The fraction of sp³-hybridized carbons (Fsp3) is 0.663. The van der Waals surface area contributed by atoms with Crippen LogP contribution in [-0.4, -0.2) is 200 Å². The lowest BCUT2D eigenvalue weighted by Crippen LogP contribution is -2.67. The van der Waals surface area contributed by atoms with Crippen LogP contribution in [0.15, 0.2) is 150 Å². The van der Waals surface area contributed by atoms with Gasteiger partial charge in [0.2, 0.25) is 0 Å².